The van der Waals surface area contributed by atoms with Crippen LogP contribution < -0.4 is 4.74 Å². The van der Waals surface area contributed by atoms with Crippen LogP contribution in [0.3, 0.4) is 0 Å². The second kappa shape index (κ2) is 4.07. The SMILES string of the molecule is CC1(/C(=C/Cl)Oc2ccc(Cl)cc2)CC1. The van der Waals surface area contributed by atoms with Crippen LogP contribution in [0.2, 0.25) is 5.02 Å². The molecule has 0 heterocycles. The van der Waals surface area contributed by atoms with Gasteiger partial charge in [-0.15, -0.1) is 0 Å². The van der Waals surface area contributed by atoms with Crippen LogP contribution in [0.25, 0.3) is 0 Å². The fourth-order valence-electron chi connectivity index (χ4n) is 1.34. The van der Waals surface area contributed by atoms with E-state index in [-0.39, 0.29) is 5.41 Å². The average Bonchev–Trinajstić information content (AvgIpc) is 2.96. The molecule has 0 bridgehead atoms. The van der Waals surface area contributed by atoms with Gasteiger partial charge in [-0.2, -0.15) is 0 Å². The molecule has 1 aliphatic rings. The average molecular weight is 243 g/mol. The first-order chi connectivity index (χ1) is 7.14. The van der Waals surface area contributed by atoms with Crippen LogP contribution in [0, 0.1) is 5.41 Å². The lowest BCUT2D eigenvalue weighted by Gasteiger charge is -2.14. The van der Waals surface area contributed by atoms with Crippen LogP contribution >= 0.6 is 23.2 Å². The topological polar surface area (TPSA) is 9.23 Å². The monoisotopic (exact) mass is 242 g/mol. The molecule has 0 amide bonds. The highest BCUT2D eigenvalue weighted by Gasteiger charge is 2.43. The molecule has 0 aliphatic heterocycles. The Morgan fingerprint density at radius 1 is 1.33 bits per heavy atom. The fourth-order valence-corrected chi connectivity index (χ4v) is 1.77. The first-order valence-corrected chi connectivity index (χ1v) is 5.70. The van der Waals surface area contributed by atoms with Crippen LogP contribution in [0.1, 0.15) is 19.8 Å². The van der Waals surface area contributed by atoms with Crippen molar-refractivity contribution in [2.24, 2.45) is 5.41 Å². The lowest BCUT2D eigenvalue weighted by molar-refractivity contribution is 0.348. The second-order valence-corrected chi connectivity index (χ2v) is 4.74. The summed E-state index contributed by atoms with van der Waals surface area (Å²) >= 11 is 11.5. The molecule has 0 saturated heterocycles. The molecule has 0 spiro atoms. The standard InChI is InChI=1S/C12H12Cl2O/c1-12(6-7-12)11(8-13)15-10-4-2-9(14)3-5-10/h2-5,8H,6-7H2,1H3/b11-8-. The molecule has 1 aliphatic carbocycles. The number of halogens is 2. The van der Waals surface area contributed by atoms with Crippen LogP contribution in [0.5, 0.6) is 5.75 Å². The molecule has 80 valence electrons. The van der Waals surface area contributed by atoms with E-state index in [9.17, 15) is 0 Å². The largest absolute Gasteiger partial charge is 0.460 e. The molecular weight excluding hydrogens is 231 g/mol. The molecular formula is C12H12Cl2O. The summed E-state index contributed by atoms with van der Waals surface area (Å²) in [7, 11) is 0. The molecule has 1 nitrogen and oxygen atoms in total. The van der Waals surface area contributed by atoms with Crippen molar-refractivity contribution in [1.82, 2.24) is 0 Å². The first-order valence-electron chi connectivity index (χ1n) is 4.88. The maximum atomic E-state index is 5.79. The molecule has 0 unspecified atom stereocenters. The Balaban J connectivity index is 2.11. The van der Waals surface area contributed by atoms with Crippen molar-refractivity contribution in [2.45, 2.75) is 19.8 Å². The smallest absolute Gasteiger partial charge is 0.127 e. The van der Waals surface area contributed by atoms with Gasteiger partial charge in [0.2, 0.25) is 0 Å². The van der Waals surface area contributed by atoms with Crippen molar-refractivity contribution in [1.29, 1.82) is 0 Å². The van der Waals surface area contributed by atoms with E-state index in [0.29, 0.717) is 5.02 Å². The highest BCUT2D eigenvalue weighted by molar-refractivity contribution is 6.30. The zero-order chi connectivity index (χ0) is 10.9. The van der Waals surface area contributed by atoms with Crippen molar-refractivity contribution in [3.05, 3.63) is 40.6 Å². The number of ether oxygens (including phenoxy) is 1. The third kappa shape index (κ3) is 2.47. The minimum Gasteiger partial charge on any atom is -0.460 e. The summed E-state index contributed by atoms with van der Waals surface area (Å²) in [6.45, 7) is 2.15. The molecule has 0 radical (unpaired) electrons. The summed E-state index contributed by atoms with van der Waals surface area (Å²) in [5.41, 5.74) is 1.67. The molecule has 15 heavy (non-hydrogen) atoms. The number of hydrogen-bond donors (Lipinski definition) is 0. The van der Waals surface area contributed by atoms with E-state index in [0.717, 1.165) is 24.4 Å². The summed E-state index contributed by atoms with van der Waals surface area (Å²) in [6.07, 6.45) is 2.28. The number of benzene rings is 1. The van der Waals surface area contributed by atoms with Gasteiger partial charge in [-0.25, -0.2) is 0 Å². The zero-order valence-corrected chi connectivity index (χ0v) is 9.98. The lowest BCUT2D eigenvalue weighted by atomic mass is 10.1. The maximum absolute atomic E-state index is 5.79. The Morgan fingerprint density at radius 3 is 2.40 bits per heavy atom. The van der Waals surface area contributed by atoms with Gasteiger partial charge in [0.15, 0.2) is 0 Å². The van der Waals surface area contributed by atoms with E-state index in [1.54, 1.807) is 12.1 Å². The molecule has 0 N–H and O–H groups in total. The van der Waals surface area contributed by atoms with Gasteiger partial charge in [-0.3, -0.25) is 0 Å². The van der Waals surface area contributed by atoms with Crippen LogP contribution in [0.4, 0.5) is 0 Å². The molecule has 1 saturated carbocycles. The molecule has 0 atom stereocenters. The summed E-state index contributed by atoms with van der Waals surface area (Å²) in [4.78, 5) is 0. The second-order valence-electron chi connectivity index (χ2n) is 4.09. The predicted octanol–water partition coefficient (Wildman–Crippen LogP) is 4.60. The molecule has 1 aromatic carbocycles. The van der Waals surface area contributed by atoms with Crippen LogP contribution in [-0.2, 0) is 0 Å². The van der Waals surface area contributed by atoms with Crippen molar-refractivity contribution >= 4 is 23.2 Å². The van der Waals surface area contributed by atoms with Crippen LogP contribution in [0.15, 0.2) is 35.6 Å². The van der Waals surface area contributed by atoms with E-state index >= 15 is 0 Å². The summed E-state index contributed by atoms with van der Waals surface area (Å²) in [6, 6.07) is 7.29. The van der Waals surface area contributed by atoms with Gasteiger partial charge in [0, 0.05) is 16.0 Å². The fraction of sp³-hybridized carbons (Fsp3) is 0.333. The van der Waals surface area contributed by atoms with Crippen LogP contribution in [-0.4, -0.2) is 0 Å². The van der Waals surface area contributed by atoms with Crippen molar-refractivity contribution < 1.29 is 4.74 Å². The van der Waals surface area contributed by atoms with Gasteiger partial charge in [0.1, 0.15) is 11.5 Å². The molecule has 1 fully saturated rings. The highest BCUT2D eigenvalue weighted by Crippen LogP contribution is 2.51. The Kier molecular flexibility index (Phi) is 2.94. The number of hydrogen-bond acceptors (Lipinski definition) is 1. The summed E-state index contributed by atoms with van der Waals surface area (Å²) < 4.78 is 5.72. The minimum absolute atomic E-state index is 0.140. The van der Waals surface area contributed by atoms with E-state index in [1.165, 1.54) is 5.54 Å². The Bertz CT molecular complexity index is 377. The van der Waals surface area contributed by atoms with Gasteiger partial charge < -0.3 is 4.74 Å². The quantitative estimate of drug-likeness (QED) is 0.705. The lowest BCUT2D eigenvalue weighted by Crippen LogP contribution is -2.05. The van der Waals surface area contributed by atoms with Gasteiger partial charge in [0.25, 0.3) is 0 Å². The summed E-state index contributed by atoms with van der Waals surface area (Å²) in [5, 5.41) is 0.705. The Labute approximate surface area is 99.6 Å². The Hall–Kier alpha value is -0.660. The van der Waals surface area contributed by atoms with Crippen molar-refractivity contribution in [3.63, 3.8) is 0 Å². The molecule has 1 aromatic rings. The van der Waals surface area contributed by atoms with Gasteiger partial charge in [0.05, 0.1) is 0 Å². The summed E-state index contributed by atoms with van der Waals surface area (Å²) in [5.74, 6) is 1.62. The van der Waals surface area contributed by atoms with Crippen molar-refractivity contribution in [2.75, 3.05) is 0 Å². The molecule has 2 rings (SSSR count). The normalized spacial score (nSPS) is 18.7. The third-order valence-electron chi connectivity index (χ3n) is 2.74. The first kappa shape index (κ1) is 10.8. The molecule has 0 aromatic heterocycles. The Morgan fingerprint density at radius 2 is 1.93 bits per heavy atom. The van der Waals surface area contributed by atoms with E-state index in [4.69, 9.17) is 27.9 Å². The predicted molar refractivity (Wildman–Crippen MR) is 63.4 cm³/mol. The molecule has 3 heteroatoms. The van der Waals surface area contributed by atoms with Crippen molar-refractivity contribution in [3.8, 4) is 5.75 Å². The van der Waals surface area contributed by atoms with Gasteiger partial charge in [-0.1, -0.05) is 30.1 Å². The van der Waals surface area contributed by atoms with Gasteiger partial charge in [-0.05, 0) is 37.1 Å². The minimum atomic E-state index is 0.140. The highest BCUT2D eigenvalue weighted by atomic mass is 35.5. The number of rotatable bonds is 3. The third-order valence-corrected chi connectivity index (χ3v) is 3.19. The number of allylic oxidation sites excluding steroid dienone is 1. The zero-order valence-electron chi connectivity index (χ0n) is 8.47. The van der Waals surface area contributed by atoms with E-state index in [2.05, 4.69) is 6.92 Å². The van der Waals surface area contributed by atoms with E-state index < -0.39 is 0 Å². The van der Waals surface area contributed by atoms with E-state index in [1.807, 2.05) is 12.1 Å². The maximum Gasteiger partial charge on any atom is 0.127 e. The van der Waals surface area contributed by atoms with Gasteiger partial charge >= 0.3 is 0 Å².